The van der Waals surface area contributed by atoms with Gasteiger partial charge in [0.15, 0.2) is 0 Å². The van der Waals surface area contributed by atoms with Crippen LogP contribution in [0.2, 0.25) is 0 Å². The van der Waals surface area contributed by atoms with Crippen molar-refractivity contribution < 1.29 is 27.4 Å². The first-order chi connectivity index (χ1) is 16.1. The van der Waals surface area contributed by atoms with Crippen molar-refractivity contribution >= 4 is 10.0 Å². The molecule has 180 valence electrons. The third-order valence-electron chi connectivity index (χ3n) is 6.16. The molecule has 1 fully saturated rings. The Bertz CT molecular complexity index is 1320. The summed E-state index contributed by atoms with van der Waals surface area (Å²) in [5, 5.41) is 19.7. The lowest BCUT2D eigenvalue weighted by Gasteiger charge is -2.29. The first kappa shape index (κ1) is 24.2. The number of phenols is 1. The molecule has 4 rings (SSSR count). The molecule has 1 aliphatic carbocycles. The summed E-state index contributed by atoms with van der Waals surface area (Å²) in [4.78, 5) is 8.94. The molecule has 1 aliphatic rings. The molecule has 2 atom stereocenters. The fraction of sp³-hybridized carbons (Fsp3) is 0.333. The molecule has 0 unspecified atom stereocenters. The molecule has 0 bridgehead atoms. The Labute approximate surface area is 196 Å². The van der Waals surface area contributed by atoms with Crippen molar-refractivity contribution in [2.45, 2.75) is 43.7 Å². The molecule has 0 amide bonds. The van der Waals surface area contributed by atoms with Crippen molar-refractivity contribution in [1.29, 1.82) is 0 Å². The number of aliphatic hydroxyl groups excluding tert-OH is 1. The number of halogens is 2. The van der Waals surface area contributed by atoms with Gasteiger partial charge in [0, 0.05) is 34.8 Å². The fourth-order valence-electron chi connectivity index (χ4n) is 4.72. The minimum atomic E-state index is -3.42. The molecule has 0 aliphatic heterocycles. The van der Waals surface area contributed by atoms with E-state index >= 15 is 0 Å². The zero-order valence-corrected chi connectivity index (χ0v) is 19.3. The molecule has 2 aromatic carbocycles. The largest absolute Gasteiger partial charge is 0.507 e. The van der Waals surface area contributed by atoms with Gasteiger partial charge in [-0.1, -0.05) is 6.07 Å². The summed E-state index contributed by atoms with van der Waals surface area (Å²) < 4.78 is 54.4. The summed E-state index contributed by atoms with van der Waals surface area (Å²) in [5.74, 6) is -1.09. The molecule has 3 N–H and O–H groups in total. The van der Waals surface area contributed by atoms with Gasteiger partial charge in [0.2, 0.25) is 10.0 Å². The van der Waals surface area contributed by atoms with Crippen molar-refractivity contribution in [2.24, 2.45) is 0 Å². The van der Waals surface area contributed by atoms with E-state index in [-0.39, 0.29) is 29.5 Å². The maximum absolute atomic E-state index is 14.7. The zero-order valence-electron chi connectivity index (χ0n) is 18.5. The van der Waals surface area contributed by atoms with Crippen LogP contribution in [0.1, 0.15) is 36.3 Å². The summed E-state index contributed by atoms with van der Waals surface area (Å²) >= 11 is 0. The molecule has 3 aromatic rings. The molecule has 0 saturated heterocycles. The van der Waals surface area contributed by atoms with Gasteiger partial charge in [0.1, 0.15) is 23.2 Å². The average molecular weight is 490 g/mol. The van der Waals surface area contributed by atoms with Crippen LogP contribution >= 0.6 is 0 Å². The normalized spacial score (nSPS) is 20.5. The highest BCUT2D eigenvalue weighted by molar-refractivity contribution is 7.88. The molecule has 1 aromatic heterocycles. The number of aromatic hydroxyl groups is 1. The summed E-state index contributed by atoms with van der Waals surface area (Å²) in [7, 11) is -3.42. The van der Waals surface area contributed by atoms with Crippen molar-refractivity contribution in [1.82, 2.24) is 14.7 Å². The lowest BCUT2D eigenvalue weighted by atomic mass is 9.78. The van der Waals surface area contributed by atoms with Crippen LogP contribution in [0.15, 0.2) is 48.7 Å². The molecule has 0 spiro atoms. The summed E-state index contributed by atoms with van der Waals surface area (Å²) in [5.41, 5.74) is 0.793. The number of hydrogen-bond acceptors (Lipinski definition) is 6. The summed E-state index contributed by atoms with van der Waals surface area (Å²) in [6, 6.07) is 9.17. The van der Waals surface area contributed by atoms with E-state index < -0.39 is 27.1 Å². The van der Waals surface area contributed by atoms with Crippen LogP contribution in [0.25, 0.3) is 11.1 Å². The quantitative estimate of drug-likeness (QED) is 0.470. The van der Waals surface area contributed by atoms with Gasteiger partial charge in [-0.05, 0) is 61.6 Å². The van der Waals surface area contributed by atoms with Gasteiger partial charge in [0.05, 0.1) is 18.6 Å². The smallest absolute Gasteiger partial charge is 0.208 e. The van der Waals surface area contributed by atoms with Gasteiger partial charge in [0.25, 0.3) is 0 Å². The maximum Gasteiger partial charge on any atom is 0.208 e. The first-order valence-electron chi connectivity index (χ1n) is 10.8. The Morgan fingerprint density at radius 1 is 1.15 bits per heavy atom. The molecule has 10 heteroatoms. The standard InChI is InChI=1S/C24H25F2N3O4S/c1-34(32,33)29-17-6-8-24(13-17,23-27-9-7-18(14-30)28-23)12-15-2-5-21(26)20(10-15)19-4-3-16(25)11-22(19)31/h2-5,7,9-11,17,29-31H,6,8,12-14H2,1H3/t17-,24+/m0/s1. The molecule has 7 nitrogen and oxygen atoms in total. The average Bonchev–Trinajstić information content (AvgIpc) is 3.17. The maximum atomic E-state index is 14.7. The van der Waals surface area contributed by atoms with Crippen molar-refractivity contribution in [3.05, 3.63) is 77.4 Å². The van der Waals surface area contributed by atoms with Gasteiger partial charge >= 0.3 is 0 Å². The highest BCUT2D eigenvalue weighted by Gasteiger charge is 2.44. The Morgan fingerprint density at radius 2 is 1.94 bits per heavy atom. The Balaban J connectivity index is 1.74. The Kier molecular flexibility index (Phi) is 6.66. The van der Waals surface area contributed by atoms with Gasteiger partial charge in [-0.3, -0.25) is 0 Å². The summed E-state index contributed by atoms with van der Waals surface area (Å²) in [6.45, 7) is -0.263. The minimum Gasteiger partial charge on any atom is -0.507 e. The number of phenolic OH excluding ortho intramolecular Hbond substituents is 1. The zero-order chi connectivity index (χ0) is 24.5. The van der Waals surface area contributed by atoms with Crippen LogP contribution in [0.4, 0.5) is 8.78 Å². The number of sulfonamides is 1. The highest BCUT2D eigenvalue weighted by atomic mass is 32.2. The second-order valence-electron chi connectivity index (χ2n) is 8.79. The first-order valence-corrected chi connectivity index (χ1v) is 12.7. The third-order valence-corrected chi connectivity index (χ3v) is 6.92. The number of aromatic nitrogens is 2. The monoisotopic (exact) mass is 489 g/mol. The SMILES string of the molecule is CS(=O)(=O)N[C@H]1CC[C@](Cc2ccc(F)c(-c3ccc(F)cc3O)c2)(c2nccc(CO)n2)C1. The topological polar surface area (TPSA) is 112 Å². The van der Waals surface area contributed by atoms with Crippen molar-refractivity contribution in [3.8, 4) is 16.9 Å². The fourth-order valence-corrected chi connectivity index (χ4v) is 5.53. The van der Waals surface area contributed by atoms with Gasteiger partial charge in [-0.25, -0.2) is 31.9 Å². The lowest BCUT2D eigenvalue weighted by Crippen LogP contribution is -2.35. The number of benzene rings is 2. The van der Waals surface area contributed by atoms with Crippen LogP contribution in [-0.2, 0) is 28.5 Å². The number of nitrogens with one attached hydrogen (secondary N) is 1. The van der Waals surface area contributed by atoms with E-state index in [0.29, 0.717) is 37.2 Å². The molecular weight excluding hydrogens is 464 g/mol. The predicted octanol–water partition coefficient (Wildman–Crippen LogP) is 3.20. The molecule has 0 radical (unpaired) electrons. The van der Waals surface area contributed by atoms with Gasteiger partial charge in [-0.2, -0.15) is 0 Å². The van der Waals surface area contributed by atoms with Crippen LogP contribution in [-0.4, -0.2) is 40.9 Å². The molecule has 1 saturated carbocycles. The number of hydrogen-bond donors (Lipinski definition) is 3. The molecule has 34 heavy (non-hydrogen) atoms. The van der Waals surface area contributed by atoms with Crippen LogP contribution in [0.5, 0.6) is 5.75 Å². The predicted molar refractivity (Wildman–Crippen MR) is 122 cm³/mol. The number of nitrogens with zero attached hydrogens (tertiary/aromatic N) is 2. The van der Waals surface area contributed by atoms with E-state index in [9.17, 15) is 27.4 Å². The molecule has 1 heterocycles. The second kappa shape index (κ2) is 9.36. The van der Waals surface area contributed by atoms with Crippen LogP contribution < -0.4 is 4.72 Å². The highest BCUT2D eigenvalue weighted by Crippen LogP contribution is 2.43. The third kappa shape index (κ3) is 5.24. The van der Waals surface area contributed by atoms with E-state index in [4.69, 9.17) is 0 Å². The van der Waals surface area contributed by atoms with E-state index in [1.807, 2.05) is 0 Å². The van der Waals surface area contributed by atoms with Gasteiger partial charge in [-0.15, -0.1) is 0 Å². The Morgan fingerprint density at radius 3 is 2.65 bits per heavy atom. The minimum absolute atomic E-state index is 0.124. The van der Waals surface area contributed by atoms with E-state index in [0.717, 1.165) is 24.0 Å². The molecular formula is C24H25F2N3O4S. The van der Waals surface area contributed by atoms with Crippen molar-refractivity contribution in [3.63, 3.8) is 0 Å². The lowest BCUT2D eigenvalue weighted by molar-refractivity contribution is 0.274. The summed E-state index contributed by atoms with van der Waals surface area (Å²) in [6.07, 6.45) is 4.59. The van der Waals surface area contributed by atoms with E-state index in [1.54, 1.807) is 24.4 Å². The van der Waals surface area contributed by atoms with E-state index in [2.05, 4.69) is 14.7 Å². The van der Waals surface area contributed by atoms with E-state index in [1.165, 1.54) is 12.1 Å². The van der Waals surface area contributed by atoms with Crippen molar-refractivity contribution in [2.75, 3.05) is 6.26 Å². The van der Waals surface area contributed by atoms with Gasteiger partial charge < -0.3 is 10.2 Å². The van der Waals surface area contributed by atoms with Crippen LogP contribution in [0.3, 0.4) is 0 Å². The number of rotatable bonds is 7. The Hall–Kier alpha value is -2.95. The second-order valence-corrected chi connectivity index (χ2v) is 10.6. The number of aliphatic hydroxyl groups is 1. The van der Waals surface area contributed by atoms with Crippen LogP contribution in [0, 0.1) is 11.6 Å².